The third kappa shape index (κ3) is 5.21. The number of nitrogens with zero attached hydrogens (tertiary/aromatic N) is 4. The van der Waals surface area contributed by atoms with Crippen molar-refractivity contribution in [2.45, 2.75) is 64.0 Å². The van der Waals surface area contributed by atoms with Crippen LogP contribution in [0.5, 0.6) is 0 Å². The minimum absolute atomic E-state index is 0.527. The van der Waals surface area contributed by atoms with Gasteiger partial charge in [-0.2, -0.15) is 0 Å². The van der Waals surface area contributed by atoms with Crippen LogP contribution in [0, 0.1) is 5.92 Å². The number of anilines is 1. The second kappa shape index (κ2) is 8.24. The molecule has 2 fully saturated rings. The molecule has 1 N–H and O–H groups in total. The Balaban J connectivity index is 1.54. The maximum absolute atomic E-state index is 6.09. The van der Waals surface area contributed by atoms with Gasteiger partial charge in [-0.3, -0.25) is 0 Å². The Morgan fingerprint density at radius 1 is 1.21 bits per heavy atom. The summed E-state index contributed by atoms with van der Waals surface area (Å²) in [6.07, 6.45) is 6.85. The van der Waals surface area contributed by atoms with E-state index < -0.39 is 8.07 Å². The average Bonchev–Trinajstić information content (AvgIpc) is 3.55. The van der Waals surface area contributed by atoms with Gasteiger partial charge in [0.25, 0.3) is 0 Å². The summed E-state index contributed by atoms with van der Waals surface area (Å²) >= 11 is 3.68. The highest BCUT2D eigenvalue weighted by Crippen LogP contribution is 2.42. The summed E-state index contributed by atoms with van der Waals surface area (Å²) < 4.78 is 9.14. The summed E-state index contributed by atoms with van der Waals surface area (Å²) in [6, 6.07) is 3.12. The van der Waals surface area contributed by atoms with Gasteiger partial charge in [0.05, 0.1) is 5.69 Å². The lowest BCUT2D eigenvalue weighted by Crippen LogP contribution is -2.22. The molecular formula is C20H30BrN5OSi. The second-order valence-electron chi connectivity index (χ2n) is 9.25. The highest BCUT2D eigenvalue weighted by Gasteiger charge is 2.32. The van der Waals surface area contributed by atoms with E-state index in [1.807, 2.05) is 12.3 Å². The molecule has 0 atom stereocenters. The monoisotopic (exact) mass is 463 g/mol. The molecule has 0 aliphatic heterocycles. The summed E-state index contributed by atoms with van der Waals surface area (Å²) in [4.78, 5) is 14.0. The van der Waals surface area contributed by atoms with Crippen LogP contribution < -0.4 is 5.32 Å². The number of hydrogen-bond donors (Lipinski definition) is 1. The Hall–Kier alpha value is -1.25. The molecule has 0 amide bonds. The summed E-state index contributed by atoms with van der Waals surface area (Å²) in [5.41, 5.74) is 1.88. The standard InChI is InChI=1S/C20H30BrN5OSi/c1-28(2,3)11-10-27-13-26-17(18(21)25-19(26)15-6-7-15)16-8-9-22-20(24-16)23-12-14-4-5-14/h8-9,14-15H,4-7,10-13H2,1-3H3,(H,22,23,24). The molecule has 2 aliphatic rings. The van der Waals surface area contributed by atoms with Gasteiger partial charge in [-0.15, -0.1) is 0 Å². The minimum Gasteiger partial charge on any atom is -0.361 e. The first-order valence-electron chi connectivity index (χ1n) is 10.3. The topological polar surface area (TPSA) is 64.9 Å². The molecule has 0 spiro atoms. The number of aromatic nitrogens is 4. The Bertz CT molecular complexity index is 826. The first kappa shape index (κ1) is 20.0. The molecule has 152 valence electrons. The van der Waals surface area contributed by atoms with Crippen molar-refractivity contribution in [1.82, 2.24) is 19.5 Å². The lowest BCUT2D eigenvalue weighted by molar-refractivity contribution is 0.0861. The average molecular weight is 464 g/mol. The molecular weight excluding hydrogens is 434 g/mol. The van der Waals surface area contributed by atoms with E-state index in [1.165, 1.54) is 31.7 Å². The van der Waals surface area contributed by atoms with Crippen molar-refractivity contribution in [3.63, 3.8) is 0 Å². The smallest absolute Gasteiger partial charge is 0.223 e. The van der Waals surface area contributed by atoms with Crippen LogP contribution in [0.25, 0.3) is 11.4 Å². The van der Waals surface area contributed by atoms with Gasteiger partial charge < -0.3 is 14.6 Å². The Morgan fingerprint density at radius 3 is 2.68 bits per heavy atom. The molecule has 2 aromatic heterocycles. The highest BCUT2D eigenvalue weighted by atomic mass is 79.9. The zero-order valence-electron chi connectivity index (χ0n) is 17.0. The van der Waals surface area contributed by atoms with Crippen LogP contribution in [0.2, 0.25) is 25.7 Å². The molecule has 0 radical (unpaired) electrons. The molecule has 0 unspecified atom stereocenters. The van der Waals surface area contributed by atoms with Crippen LogP contribution in [-0.2, 0) is 11.5 Å². The third-order valence-electron chi connectivity index (χ3n) is 5.26. The maximum atomic E-state index is 6.09. The number of halogens is 1. The molecule has 28 heavy (non-hydrogen) atoms. The summed E-state index contributed by atoms with van der Waals surface area (Å²) in [6.45, 7) is 9.41. The van der Waals surface area contributed by atoms with Crippen molar-refractivity contribution in [2.24, 2.45) is 5.92 Å². The second-order valence-corrected chi connectivity index (χ2v) is 15.6. The van der Waals surface area contributed by atoms with E-state index in [2.05, 4.69) is 50.4 Å². The van der Waals surface area contributed by atoms with Gasteiger partial charge in [0.15, 0.2) is 0 Å². The number of hydrogen-bond acceptors (Lipinski definition) is 5. The van der Waals surface area contributed by atoms with Crippen molar-refractivity contribution in [2.75, 3.05) is 18.5 Å². The van der Waals surface area contributed by atoms with E-state index >= 15 is 0 Å². The van der Waals surface area contributed by atoms with Gasteiger partial charge in [0.1, 0.15) is 22.9 Å². The van der Waals surface area contributed by atoms with Crippen LogP contribution in [0.15, 0.2) is 16.9 Å². The molecule has 2 aliphatic carbocycles. The number of ether oxygens (including phenoxy) is 1. The largest absolute Gasteiger partial charge is 0.361 e. The molecule has 6 nitrogen and oxygen atoms in total. The minimum atomic E-state index is -1.10. The van der Waals surface area contributed by atoms with Crippen molar-refractivity contribution < 1.29 is 4.74 Å². The fourth-order valence-corrected chi connectivity index (χ4v) is 4.49. The van der Waals surface area contributed by atoms with Crippen LogP contribution in [0.1, 0.15) is 37.4 Å². The lowest BCUT2D eigenvalue weighted by atomic mass is 10.3. The van der Waals surface area contributed by atoms with Gasteiger partial charge in [-0.1, -0.05) is 19.6 Å². The van der Waals surface area contributed by atoms with Gasteiger partial charge in [0, 0.05) is 33.3 Å². The van der Waals surface area contributed by atoms with E-state index in [-0.39, 0.29) is 0 Å². The maximum Gasteiger partial charge on any atom is 0.223 e. The zero-order valence-corrected chi connectivity index (χ0v) is 19.6. The van der Waals surface area contributed by atoms with Gasteiger partial charge in [0.2, 0.25) is 5.95 Å². The fourth-order valence-electron chi connectivity index (χ4n) is 3.14. The Morgan fingerprint density at radius 2 is 2.00 bits per heavy atom. The SMILES string of the molecule is C[Si](C)(C)CCOCn1c(C2CC2)nc(Br)c1-c1ccnc(NCC2CC2)n1. The van der Waals surface area contributed by atoms with Gasteiger partial charge in [-0.05, 0) is 59.6 Å². The van der Waals surface area contributed by atoms with Crippen LogP contribution in [0.4, 0.5) is 5.95 Å². The summed E-state index contributed by atoms with van der Waals surface area (Å²) in [5, 5.41) is 3.37. The Labute approximate surface area is 176 Å². The normalized spacial score (nSPS) is 17.1. The van der Waals surface area contributed by atoms with Crippen molar-refractivity contribution in [3.05, 3.63) is 22.7 Å². The third-order valence-corrected chi connectivity index (χ3v) is 7.51. The molecule has 4 rings (SSSR count). The fraction of sp³-hybridized carbons (Fsp3) is 0.650. The summed E-state index contributed by atoms with van der Waals surface area (Å²) in [7, 11) is -1.10. The van der Waals surface area contributed by atoms with Crippen molar-refractivity contribution >= 4 is 30.0 Å². The molecule has 2 saturated carbocycles. The van der Waals surface area contributed by atoms with E-state index in [0.29, 0.717) is 18.6 Å². The molecule has 2 aromatic rings. The van der Waals surface area contributed by atoms with Crippen molar-refractivity contribution in [1.29, 1.82) is 0 Å². The molecule has 0 bridgehead atoms. The first-order chi connectivity index (χ1) is 13.4. The summed E-state index contributed by atoms with van der Waals surface area (Å²) in [5.74, 6) is 3.13. The van der Waals surface area contributed by atoms with Crippen molar-refractivity contribution in [3.8, 4) is 11.4 Å². The van der Waals surface area contributed by atoms with Crippen LogP contribution >= 0.6 is 15.9 Å². The van der Waals surface area contributed by atoms with E-state index in [1.54, 1.807) is 0 Å². The van der Waals surface area contributed by atoms with Gasteiger partial charge in [-0.25, -0.2) is 15.0 Å². The predicted octanol–water partition coefficient (Wildman–Crippen LogP) is 5.11. The number of nitrogens with one attached hydrogen (secondary N) is 1. The van der Waals surface area contributed by atoms with E-state index in [0.717, 1.165) is 40.9 Å². The lowest BCUT2D eigenvalue weighted by Gasteiger charge is -2.17. The molecule has 8 heteroatoms. The van der Waals surface area contributed by atoms with E-state index in [4.69, 9.17) is 14.7 Å². The van der Waals surface area contributed by atoms with Gasteiger partial charge >= 0.3 is 0 Å². The van der Waals surface area contributed by atoms with Crippen LogP contribution in [0.3, 0.4) is 0 Å². The molecule has 0 aromatic carbocycles. The Kier molecular flexibility index (Phi) is 5.90. The zero-order chi connectivity index (χ0) is 19.7. The van der Waals surface area contributed by atoms with Crippen LogP contribution in [-0.4, -0.2) is 40.7 Å². The number of imidazole rings is 1. The molecule has 0 saturated heterocycles. The van der Waals surface area contributed by atoms with E-state index in [9.17, 15) is 0 Å². The molecule has 2 heterocycles. The highest BCUT2D eigenvalue weighted by molar-refractivity contribution is 9.10. The quantitative estimate of drug-likeness (QED) is 0.391. The predicted molar refractivity (Wildman–Crippen MR) is 118 cm³/mol. The number of rotatable bonds is 10. The first-order valence-corrected chi connectivity index (χ1v) is 14.8.